The van der Waals surface area contributed by atoms with E-state index in [4.69, 9.17) is 14.6 Å². The summed E-state index contributed by atoms with van der Waals surface area (Å²) in [4.78, 5) is 18.4. The third kappa shape index (κ3) is 5.28. The Bertz CT molecular complexity index is 1270. The molecule has 0 saturated heterocycles. The van der Waals surface area contributed by atoms with E-state index in [9.17, 15) is 9.90 Å². The SMILES string of the molecule is CCCSc1nc2n(n1)C(c1ccc(O)c(OCC)c1)C(C(=O)Nc1ccccc1OCC)=C(C)N2. The number of carbonyl (C=O) groups is 1. The molecule has 1 aliphatic heterocycles. The van der Waals surface area contributed by atoms with Crippen LogP contribution in [0, 0.1) is 0 Å². The van der Waals surface area contributed by atoms with Crippen LogP contribution in [0.1, 0.15) is 45.7 Å². The van der Waals surface area contributed by atoms with Crippen LogP contribution in [0.25, 0.3) is 0 Å². The highest BCUT2D eigenvalue weighted by molar-refractivity contribution is 7.99. The van der Waals surface area contributed by atoms with Gasteiger partial charge in [0, 0.05) is 11.4 Å². The Kier molecular flexibility index (Phi) is 8.04. The van der Waals surface area contributed by atoms with E-state index in [-0.39, 0.29) is 11.7 Å². The van der Waals surface area contributed by atoms with Crippen LogP contribution in [0.4, 0.5) is 11.6 Å². The molecule has 2 heterocycles. The fourth-order valence-corrected chi connectivity index (χ4v) is 4.68. The minimum absolute atomic E-state index is 0.0323. The van der Waals surface area contributed by atoms with E-state index in [1.54, 1.807) is 40.7 Å². The van der Waals surface area contributed by atoms with Gasteiger partial charge >= 0.3 is 0 Å². The second-order valence-electron chi connectivity index (χ2n) is 8.12. The van der Waals surface area contributed by atoms with Gasteiger partial charge in [-0.3, -0.25) is 4.79 Å². The summed E-state index contributed by atoms with van der Waals surface area (Å²) in [6, 6.07) is 11.8. The Balaban J connectivity index is 1.78. The quantitative estimate of drug-likeness (QED) is 0.320. The van der Waals surface area contributed by atoms with Gasteiger partial charge in [-0.25, -0.2) is 4.68 Å². The smallest absolute Gasteiger partial charge is 0.255 e. The molecule has 1 unspecified atom stereocenters. The average Bonchev–Trinajstić information content (AvgIpc) is 3.27. The highest BCUT2D eigenvalue weighted by atomic mass is 32.2. The van der Waals surface area contributed by atoms with E-state index in [1.165, 1.54) is 0 Å². The highest BCUT2D eigenvalue weighted by Crippen LogP contribution is 2.40. The van der Waals surface area contributed by atoms with Gasteiger partial charge in [0.2, 0.25) is 11.1 Å². The number of ether oxygens (including phenoxy) is 2. The molecule has 36 heavy (non-hydrogen) atoms. The van der Waals surface area contributed by atoms with Gasteiger partial charge in [-0.05, 0) is 57.0 Å². The molecule has 190 valence electrons. The van der Waals surface area contributed by atoms with Crippen LogP contribution in [-0.2, 0) is 4.79 Å². The maximum absolute atomic E-state index is 13.8. The summed E-state index contributed by atoms with van der Waals surface area (Å²) >= 11 is 1.56. The molecule has 3 N–H and O–H groups in total. The van der Waals surface area contributed by atoms with Crippen molar-refractivity contribution in [2.45, 2.75) is 45.3 Å². The molecule has 4 rings (SSSR count). The molecular weight excluding hydrogens is 478 g/mol. The van der Waals surface area contributed by atoms with E-state index in [1.807, 2.05) is 39.0 Å². The lowest BCUT2D eigenvalue weighted by Gasteiger charge is -2.29. The summed E-state index contributed by atoms with van der Waals surface area (Å²) in [6.45, 7) is 8.57. The van der Waals surface area contributed by atoms with Crippen molar-refractivity contribution in [2.24, 2.45) is 0 Å². The van der Waals surface area contributed by atoms with Gasteiger partial charge in [-0.15, -0.1) is 5.10 Å². The Morgan fingerprint density at radius 2 is 1.89 bits per heavy atom. The topological polar surface area (TPSA) is 111 Å². The molecule has 0 bridgehead atoms. The number of anilines is 2. The molecule has 0 aliphatic carbocycles. The number of fused-ring (bicyclic) bond motifs is 1. The van der Waals surface area contributed by atoms with Crippen LogP contribution in [0.2, 0.25) is 0 Å². The normalized spacial score (nSPS) is 14.7. The first kappa shape index (κ1) is 25.4. The summed E-state index contributed by atoms with van der Waals surface area (Å²) in [5.41, 5.74) is 2.44. The lowest BCUT2D eigenvalue weighted by molar-refractivity contribution is -0.113. The van der Waals surface area contributed by atoms with Gasteiger partial charge < -0.3 is 25.2 Å². The van der Waals surface area contributed by atoms with Crippen LogP contribution in [0.15, 0.2) is 58.9 Å². The van der Waals surface area contributed by atoms with E-state index >= 15 is 0 Å². The van der Waals surface area contributed by atoms with Gasteiger partial charge in [0.1, 0.15) is 11.8 Å². The second-order valence-corrected chi connectivity index (χ2v) is 9.18. The fraction of sp³-hybridized carbons (Fsp3) is 0.346. The standard InChI is InChI=1S/C26H31N5O4S/c1-5-14-36-26-29-25-27-16(4)22(24(33)28-18-10-8-9-11-20(18)34-6-2)23(31(25)30-26)17-12-13-19(32)21(15-17)35-7-3/h8-13,15,23,32H,5-7,14H2,1-4H3,(H,28,33)(H,27,29,30). The first-order valence-electron chi connectivity index (χ1n) is 12.0. The van der Waals surface area contributed by atoms with Crippen LogP contribution < -0.4 is 20.1 Å². The number of benzene rings is 2. The highest BCUT2D eigenvalue weighted by Gasteiger charge is 2.35. The Hall–Kier alpha value is -3.66. The first-order chi connectivity index (χ1) is 17.5. The number of hydrogen-bond acceptors (Lipinski definition) is 8. The molecule has 9 nitrogen and oxygen atoms in total. The number of hydrogen-bond donors (Lipinski definition) is 3. The van der Waals surface area contributed by atoms with Crippen molar-refractivity contribution in [3.8, 4) is 17.2 Å². The van der Waals surface area contributed by atoms with E-state index < -0.39 is 6.04 Å². The van der Waals surface area contributed by atoms with Gasteiger partial charge in [-0.1, -0.05) is 36.9 Å². The van der Waals surface area contributed by atoms with E-state index in [0.717, 1.165) is 17.7 Å². The number of thioether (sulfide) groups is 1. The van der Waals surface area contributed by atoms with Crippen LogP contribution in [-0.4, -0.2) is 44.7 Å². The van der Waals surface area contributed by atoms with Gasteiger partial charge in [0.05, 0.1) is 24.5 Å². The average molecular weight is 510 g/mol. The van der Waals surface area contributed by atoms with Crippen LogP contribution >= 0.6 is 11.8 Å². The Morgan fingerprint density at radius 3 is 2.64 bits per heavy atom. The maximum Gasteiger partial charge on any atom is 0.255 e. The van der Waals surface area contributed by atoms with Crippen LogP contribution in [0.5, 0.6) is 17.2 Å². The molecule has 1 aliphatic rings. The van der Waals surface area contributed by atoms with Crippen molar-refractivity contribution in [3.63, 3.8) is 0 Å². The summed E-state index contributed by atoms with van der Waals surface area (Å²) in [5.74, 6) is 2.10. The summed E-state index contributed by atoms with van der Waals surface area (Å²) in [5, 5.41) is 21.9. The zero-order chi connectivity index (χ0) is 25.7. The number of aromatic hydroxyl groups is 1. The van der Waals surface area contributed by atoms with Crippen LogP contribution in [0.3, 0.4) is 0 Å². The number of nitrogens with zero attached hydrogens (tertiary/aromatic N) is 3. The van der Waals surface area contributed by atoms with E-state index in [0.29, 0.717) is 52.8 Å². The predicted molar refractivity (Wildman–Crippen MR) is 141 cm³/mol. The molecule has 2 aromatic carbocycles. The minimum Gasteiger partial charge on any atom is -0.504 e. The number of phenols is 1. The van der Waals surface area contributed by atoms with E-state index in [2.05, 4.69) is 22.5 Å². The van der Waals surface area contributed by atoms with Gasteiger partial charge in [0.15, 0.2) is 11.5 Å². The third-order valence-electron chi connectivity index (χ3n) is 5.55. The molecule has 10 heteroatoms. The predicted octanol–water partition coefficient (Wildman–Crippen LogP) is 5.21. The number of phenolic OH excluding ortho intramolecular Hbond substituents is 1. The lowest BCUT2D eigenvalue weighted by Crippen LogP contribution is -2.31. The second kappa shape index (κ2) is 11.4. The molecule has 1 atom stereocenters. The molecule has 0 spiro atoms. The van der Waals surface area contributed by atoms with Gasteiger partial charge in [0.25, 0.3) is 5.91 Å². The number of allylic oxidation sites excluding steroid dienone is 1. The molecular formula is C26H31N5O4S. The molecule has 0 fully saturated rings. The monoisotopic (exact) mass is 509 g/mol. The Labute approximate surface area is 214 Å². The Morgan fingerprint density at radius 1 is 1.14 bits per heavy atom. The van der Waals surface area contributed by atoms with Crippen molar-refractivity contribution in [1.29, 1.82) is 0 Å². The maximum atomic E-state index is 13.8. The number of aromatic nitrogens is 3. The van der Waals surface area contributed by atoms with Crippen molar-refractivity contribution in [3.05, 3.63) is 59.3 Å². The van der Waals surface area contributed by atoms with Gasteiger partial charge in [-0.2, -0.15) is 4.98 Å². The molecule has 3 aromatic rings. The third-order valence-corrected chi connectivity index (χ3v) is 6.59. The minimum atomic E-state index is -0.594. The summed E-state index contributed by atoms with van der Waals surface area (Å²) < 4.78 is 13.0. The number of para-hydroxylation sites is 2. The number of amides is 1. The zero-order valence-electron chi connectivity index (χ0n) is 20.9. The molecule has 0 radical (unpaired) electrons. The van der Waals surface area contributed by atoms with Crippen molar-refractivity contribution in [2.75, 3.05) is 29.6 Å². The largest absolute Gasteiger partial charge is 0.504 e. The summed E-state index contributed by atoms with van der Waals surface area (Å²) in [6.07, 6.45) is 0.991. The number of nitrogens with one attached hydrogen (secondary N) is 2. The zero-order valence-corrected chi connectivity index (χ0v) is 21.7. The van der Waals surface area contributed by atoms with Crippen molar-refractivity contribution < 1.29 is 19.4 Å². The summed E-state index contributed by atoms with van der Waals surface area (Å²) in [7, 11) is 0. The number of carbonyl (C=O) groups excluding carboxylic acids is 1. The molecule has 1 aromatic heterocycles. The lowest BCUT2D eigenvalue weighted by atomic mass is 9.94. The molecule has 1 amide bonds. The molecule has 0 saturated carbocycles. The fourth-order valence-electron chi connectivity index (χ4n) is 4.00. The first-order valence-corrected chi connectivity index (χ1v) is 13.0. The van der Waals surface area contributed by atoms with Crippen molar-refractivity contribution >= 4 is 29.3 Å². The van der Waals surface area contributed by atoms with Crippen molar-refractivity contribution in [1.82, 2.24) is 14.8 Å². The number of rotatable bonds is 10.